The maximum atomic E-state index is 5.51. The van der Waals surface area contributed by atoms with Crippen LogP contribution in [-0.2, 0) is 4.74 Å². The Morgan fingerprint density at radius 2 is 1.26 bits per heavy atom. The molecule has 0 saturated carbocycles. The third kappa shape index (κ3) is 5.70. The fourth-order valence-electron chi connectivity index (χ4n) is 4.12. The number of methoxy groups -OCH3 is 1. The van der Waals surface area contributed by atoms with Gasteiger partial charge in [-0.1, -0.05) is 0 Å². The van der Waals surface area contributed by atoms with Gasteiger partial charge in [-0.2, -0.15) is 0 Å². The van der Waals surface area contributed by atoms with Gasteiger partial charge in [0.1, 0.15) is 0 Å². The average Bonchev–Trinajstić information content (AvgIpc) is 2.84. The molecule has 0 unspecified atom stereocenters. The normalized spacial score (nSPS) is 11.6. The number of allylic oxidation sites excluding steroid dienone is 1. The third-order valence-corrected chi connectivity index (χ3v) is 19.1. The van der Waals surface area contributed by atoms with Crippen LogP contribution in [0, 0.1) is 11.8 Å². The van der Waals surface area contributed by atoms with Gasteiger partial charge in [0.15, 0.2) is 0 Å². The Balaban J connectivity index is 2.29. The van der Waals surface area contributed by atoms with E-state index in [0.29, 0.717) is 6.61 Å². The first-order chi connectivity index (χ1) is 15.3. The van der Waals surface area contributed by atoms with Crippen molar-refractivity contribution >= 4 is 29.1 Å². The molecule has 31 heavy (non-hydrogen) atoms. The summed E-state index contributed by atoms with van der Waals surface area (Å²) >= 11 is -3.60. The summed E-state index contributed by atoms with van der Waals surface area (Å²) in [6.45, 7) is 2.81. The van der Waals surface area contributed by atoms with Gasteiger partial charge >= 0.3 is 193 Å². The van der Waals surface area contributed by atoms with Crippen LogP contribution in [0.2, 0.25) is 0 Å². The molecule has 1 nitrogen and oxygen atoms in total. The average molecular weight is 515 g/mol. The van der Waals surface area contributed by atoms with E-state index >= 15 is 0 Å². The number of rotatable bonds is 9. The molecule has 0 aliphatic heterocycles. The van der Waals surface area contributed by atoms with Crippen LogP contribution in [0.3, 0.4) is 0 Å². The molecular formula is C29H32OSn. The van der Waals surface area contributed by atoms with E-state index in [1.54, 1.807) is 7.11 Å². The second kappa shape index (κ2) is 12.5. The van der Waals surface area contributed by atoms with Gasteiger partial charge in [-0.3, -0.25) is 0 Å². The number of hydrogen-bond donors (Lipinski definition) is 0. The van der Waals surface area contributed by atoms with E-state index in [1.807, 2.05) is 0 Å². The fourth-order valence-corrected chi connectivity index (χ4v) is 17.5. The van der Waals surface area contributed by atoms with Gasteiger partial charge in [0, 0.05) is 0 Å². The van der Waals surface area contributed by atoms with Crippen LogP contribution < -0.4 is 10.7 Å². The summed E-state index contributed by atoms with van der Waals surface area (Å²) in [6.07, 6.45) is 6.80. The van der Waals surface area contributed by atoms with Gasteiger partial charge in [-0.25, -0.2) is 0 Å². The summed E-state index contributed by atoms with van der Waals surface area (Å²) in [6, 6.07) is 33.1. The van der Waals surface area contributed by atoms with Crippen molar-refractivity contribution in [2.75, 3.05) is 13.7 Å². The summed E-state index contributed by atoms with van der Waals surface area (Å²) in [5.41, 5.74) is 0. The maximum absolute atomic E-state index is 5.51. The van der Waals surface area contributed by atoms with E-state index in [9.17, 15) is 0 Å². The van der Waals surface area contributed by atoms with E-state index < -0.39 is 18.4 Å². The molecule has 2 heteroatoms. The van der Waals surface area contributed by atoms with Crippen LogP contribution in [-0.4, -0.2) is 32.1 Å². The zero-order valence-corrected chi connectivity index (χ0v) is 21.5. The van der Waals surface area contributed by atoms with Crippen molar-refractivity contribution in [1.29, 1.82) is 0 Å². The summed E-state index contributed by atoms with van der Waals surface area (Å²) in [5.74, 6) is 7.20. The van der Waals surface area contributed by atoms with Crippen molar-refractivity contribution in [2.24, 2.45) is 0 Å². The molecular weight excluding hydrogens is 483 g/mol. The van der Waals surface area contributed by atoms with Crippen LogP contribution in [0.4, 0.5) is 0 Å². The predicted molar refractivity (Wildman–Crippen MR) is 136 cm³/mol. The summed E-state index contributed by atoms with van der Waals surface area (Å²) in [4.78, 5) is 0. The molecule has 0 fully saturated rings. The molecule has 0 aromatic heterocycles. The molecule has 0 saturated heterocycles. The van der Waals surface area contributed by atoms with Crippen LogP contribution in [0.5, 0.6) is 0 Å². The van der Waals surface area contributed by atoms with Gasteiger partial charge < -0.3 is 0 Å². The zero-order valence-electron chi connectivity index (χ0n) is 18.7. The van der Waals surface area contributed by atoms with Crippen molar-refractivity contribution in [3.05, 3.63) is 101 Å². The van der Waals surface area contributed by atoms with Crippen LogP contribution >= 0.6 is 0 Å². The van der Waals surface area contributed by atoms with Crippen molar-refractivity contribution in [3.63, 3.8) is 0 Å². The minimum absolute atomic E-state index is 0.574. The Bertz CT molecular complexity index is 901. The first kappa shape index (κ1) is 23.4. The Morgan fingerprint density at radius 1 is 0.774 bits per heavy atom. The second-order valence-corrected chi connectivity index (χ2v) is 18.4. The molecule has 3 rings (SSSR count). The first-order valence-corrected chi connectivity index (χ1v) is 16.9. The van der Waals surface area contributed by atoms with Crippen molar-refractivity contribution in [2.45, 2.75) is 32.6 Å². The van der Waals surface area contributed by atoms with Gasteiger partial charge in [0.05, 0.1) is 0 Å². The van der Waals surface area contributed by atoms with E-state index in [-0.39, 0.29) is 0 Å². The van der Waals surface area contributed by atoms with E-state index in [2.05, 4.69) is 116 Å². The monoisotopic (exact) mass is 516 g/mol. The van der Waals surface area contributed by atoms with Crippen molar-refractivity contribution < 1.29 is 4.74 Å². The van der Waals surface area contributed by atoms with Gasteiger partial charge in [-0.05, 0) is 0 Å². The van der Waals surface area contributed by atoms with Crippen molar-refractivity contribution in [3.8, 4) is 11.8 Å². The molecule has 0 aliphatic rings. The molecule has 0 aliphatic carbocycles. The van der Waals surface area contributed by atoms with E-state index in [0.717, 1.165) is 12.8 Å². The van der Waals surface area contributed by atoms with Crippen LogP contribution in [0.15, 0.2) is 101 Å². The van der Waals surface area contributed by atoms with E-state index in [1.165, 1.54) is 27.2 Å². The van der Waals surface area contributed by atoms with Crippen LogP contribution in [0.1, 0.15) is 32.6 Å². The number of ether oxygens (including phenoxy) is 1. The molecule has 0 N–H and O–H groups in total. The topological polar surface area (TPSA) is 9.23 Å². The van der Waals surface area contributed by atoms with E-state index in [4.69, 9.17) is 4.74 Å². The van der Waals surface area contributed by atoms with Crippen molar-refractivity contribution in [1.82, 2.24) is 0 Å². The van der Waals surface area contributed by atoms with Gasteiger partial charge in [-0.15, -0.1) is 0 Å². The zero-order chi connectivity index (χ0) is 21.8. The second-order valence-electron chi connectivity index (χ2n) is 7.68. The Labute approximate surface area is 192 Å². The Morgan fingerprint density at radius 3 is 1.68 bits per heavy atom. The number of benzene rings is 3. The molecule has 0 atom stereocenters. The summed E-state index contributed by atoms with van der Waals surface area (Å²) < 4.78 is 11.0. The minimum atomic E-state index is -3.60. The molecule has 0 heterocycles. The first-order valence-electron chi connectivity index (χ1n) is 11.2. The standard InChI is InChI=1S/C11H17O.3C6H5.Sn/c1-3-4-5-6-7-8-9-10-11-12-2;3*1-2-4-6-5-3-1;/h10H,3-6,11H2,1-2H3;3*1-5H;. The summed E-state index contributed by atoms with van der Waals surface area (Å²) in [5, 5.41) is 0. The molecule has 0 spiro atoms. The number of unbranched alkanes of at least 4 members (excludes halogenated alkanes) is 3. The summed E-state index contributed by atoms with van der Waals surface area (Å²) in [7, 11) is 1.76. The predicted octanol–water partition coefficient (Wildman–Crippen LogP) is 4.85. The van der Waals surface area contributed by atoms with Gasteiger partial charge in [0.25, 0.3) is 0 Å². The Kier molecular flexibility index (Phi) is 9.46. The Hall–Kier alpha value is -2.28. The molecule has 158 valence electrons. The SMILES string of the molecule is CCCCCC#C/[C](=C/COC)[Sn]([c]1ccccc1)([c]1ccccc1)[c]1ccccc1. The number of hydrogen-bond acceptors (Lipinski definition) is 1. The van der Waals surface area contributed by atoms with Gasteiger partial charge in [0.2, 0.25) is 0 Å². The molecule has 0 bridgehead atoms. The molecule has 3 aromatic rings. The molecule has 0 amide bonds. The quantitative estimate of drug-likeness (QED) is 0.225. The molecule has 3 aromatic carbocycles. The third-order valence-electron chi connectivity index (χ3n) is 5.61. The van der Waals surface area contributed by atoms with Crippen LogP contribution in [0.25, 0.3) is 0 Å². The molecule has 0 radical (unpaired) electrons. The fraction of sp³-hybridized carbons (Fsp3) is 0.241.